The summed E-state index contributed by atoms with van der Waals surface area (Å²) in [7, 11) is 0. The van der Waals surface area contributed by atoms with Gasteiger partial charge in [-0.3, -0.25) is 14.8 Å². The van der Waals surface area contributed by atoms with Crippen LogP contribution in [-0.4, -0.2) is 17.0 Å². The van der Waals surface area contributed by atoms with Gasteiger partial charge in [-0.25, -0.2) is 4.90 Å². The Morgan fingerprint density at radius 1 is 0.882 bits per heavy atom. The van der Waals surface area contributed by atoms with Crippen LogP contribution in [0, 0.1) is 17.0 Å². The molecule has 0 radical (unpaired) electrons. The molecule has 0 saturated carbocycles. The maximum Gasteiger partial charge on any atom is 0.238 e. The van der Waals surface area contributed by atoms with Gasteiger partial charge >= 0.3 is 0 Å². The van der Waals surface area contributed by atoms with E-state index in [4.69, 9.17) is 0 Å². The van der Waals surface area contributed by atoms with Crippen molar-refractivity contribution in [1.82, 2.24) is 0 Å². The highest BCUT2D eigenvalue weighted by Gasteiger charge is 2.61. The molecular weight excluding hydrogens is 428 g/mol. The molecule has 4 aliphatic rings. The summed E-state index contributed by atoms with van der Waals surface area (Å²) in [6, 6.07) is 20.7. The Morgan fingerprint density at radius 3 is 2.12 bits per heavy atom. The SMILES string of the molecule is CC[C@@H](C)c1ccc2c(c1)[C@@H]1c3ccccc3[C@@H]2[C@@H]2C(=O)N(c3cccc(N([O-])O)c3)C(=O)[C@H]12. The Morgan fingerprint density at radius 2 is 1.50 bits per heavy atom. The van der Waals surface area contributed by atoms with Crippen LogP contribution in [-0.2, 0) is 9.59 Å². The molecule has 7 rings (SSSR count). The zero-order chi connectivity index (χ0) is 23.7. The van der Waals surface area contributed by atoms with Crippen LogP contribution < -0.4 is 10.1 Å². The van der Waals surface area contributed by atoms with Gasteiger partial charge in [-0.05, 0) is 58.4 Å². The highest BCUT2D eigenvalue weighted by Crippen LogP contribution is 2.61. The topological polar surface area (TPSA) is 83.9 Å². The molecule has 1 saturated heterocycles. The normalized spacial score (nSPS) is 25.1. The van der Waals surface area contributed by atoms with Crippen LogP contribution in [0.5, 0.6) is 0 Å². The van der Waals surface area contributed by atoms with Crippen LogP contribution >= 0.6 is 0 Å². The first-order valence-electron chi connectivity index (χ1n) is 11.8. The van der Waals surface area contributed by atoms with Crippen LogP contribution in [0.15, 0.2) is 66.7 Å². The Kier molecular flexibility index (Phi) is 4.66. The molecule has 3 aliphatic carbocycles. The van der Waals surface area contributed by atoms with Gasteiger partial charge in [-0.15, -0.1) is 0 Å². The average Bonchev–Trinajstić information content (AvgIpc) is 3.13. The lowest BCUT2D eigenvalue weighted by molar-refractivity contribution is -0.122. The van der Waals surface area contributed by atoms with Crippen LogP contribution in [0.25, 0.3) is 0 Å². The first-order chi connectivity index (χ1) is 16.4. The van der Waals surface area contributed by atoms with Gasteiger partial charge in [-0.2, -0.15) is 0 Å². The van der Waals surface area contributed by atoms with E-state index in [1.165, 1.54) is 22.6 Å². The second-order valence-electron chi connectivity index (χ2n) is 9.64. The third-order valence-corrected chi connectivity index (χ3v) is 8.05. The van der Waals surface area contributed by atoms with Crippen LogP contribution in [0.4, 0.5) is 11.4 Å². The van der Waals surface area contributed by atoms with E-state index in [9.17, 15) is 20.0 Å². The molecular formula is C28H25N2O4-. The fourth-order valence-electron chi connectivity index (χ4n) is 6.29. The van der Waals surface area contributed by atoms with E-state index in [0.29, 0.717) is 11.6 Å². The van der Waals surface area contributed by atoms with Gasteiger partial charge in [0.15, 0.2) is 0 Å². The van der Waals surface area contributed by atoms with E-state index in [2.05, 4.69) is 44.2 Å². The van der Waals surface area contributed by atoms with Crippen molar-refractivity contribution < 1.29 is 14.8 Å². The number of hydrogen-bond acceptors (Lipinski definition) is 5. The first-order valence-corrected chi connectivity index (χ1v) is 11.8. The Balaban J connectivity index is 1.52. The lowest BCUT2D eigenvalue weighted by Crippen LogP contribution is -2.41. The molecule has 1 fully saturated rings. The van der Waals surface area contributed by atoms with Crippen LogP contribution in [0.3, 0.4) is 0 Å². The molecule has 2 amide bonds. The summed E-state index contributed by atoms with van der Waals surface area (Å²) in [5, 5.41) is 20.5. The minimum Gasteiger partial charge on any atom is -0.733 e. The second kappa shape index (κ2) is 7.52. The third-order valence-electron chi connectivity index (χ3n) is 8.05. The molecule has 0 aromatic heterocycles. The highest BCUT2D eigenvalue weighted by molar-refractivity contribution is 6.23. The number of amides is 2. The standard InChI is InChI=1S/C28H25N2O4/c1-3-15(2)16-11-12-21-22(13-16)24-20-10-5-4-9-19(20)23(21)25-26(24)28(32)29(27(25)31)17-7-6-8-18(14-17)30(33)34/h4-15,23-26,33H,3H2,1-2H3/q-1/t15-,23+,24+,25+,26-/m1/s1. The van der Waals surface area contributed by atoms with Crippen molar-refractivity contribution in [2.75, 3.05) is 10.1 Å². The molecule has 2 bridgehead atoms. The Bertz CT molecular complexity index is 1330. The molecule has 5 atom stereocenters. The quantitative estimate of drug-likeness (QED) is 0.429. The summed E-state index contributed by atoms with van der Waals surface area (Å²) in [5.74, 6) is -1.45. The van der Waals surface area contributed by atoms with Gasteiger partial charge in [0.1, 0.15) is 0 Å². The maximum absolute atomic E-state index is 13.9. The van der Waals surface area contributed by atoms with Gasteiger partial charge in [0.25, 0.3) is 0 Å². The van der Waals surface area contributed by atoms with Crippen molar-refractivity contribution in [3.63, 3.8) is 0 Å². The van der Waals surface area contributed by atoms with Gasteiger partial charge in [0.05, 0.1) is 23.2 Å². The summed E-state index contributed by atoms with van der Waals surface area (Å²) in [5.41, 5.74) is 6.07. The molecule has 0 spiro atoms. The lowest BCUT2D eigenvalue weighted by Gasteiger charge is -2.46. The number of rotatable bonds is 4. The van der Waals surface area contributed by atoms with E-state index in [-0.39, 0.29) is 34.6 Å². The van der Waals surface area contributed by atoms with Crippen molar-refractivity contribution in [2.45, 2.75) is 38.0 Å². The summed E-state index contributed by atoms with van der Waals surface area (Å²) in [4.78, 5) is 28.9. The van der Waals surface area contributed by atoms with E-state index in [1.807, 2.05) is 12.1 Å². The predicted octanol–water partition coefficient (Wildman–Crippen LogP) is 5.29. The van der Waals surface area contributed by atoms with Crippen LogP contribution in [0.1, 0.15) is 65.8 Å². The Labute approximate surface area is 198 Å². The monoisotopic (exact) mass is 453 g/mol. The molecule has 0 unspecified atom stereocenters. The molecule has 6 nitrogen and oxygen atoms in total. The van der Waals surface area contributed by atoms with Crippen molar-refractivity contribution in [1.29, 1.82) is 0 Å². The van der Waals surface area contributed by atoms with Gasteiger partial charge in [0.2, 0.25) is 11.8 Å². The average molecular weight is 454 g/mol. The molecule has 172 valence electrons. The number of nitrogens with zero attached hydrogens (tertiary/aromatic N) is 2. The third kappa shape index (κ3) is 2.76. The number of benzene rings is 3. The highest BCUT2D eigenvalue weighted by atomic mass is 16.8. The van der Waals surface area contributed by atoms with Crippen LogP contribution in [0.2, 0.25) is 0 Å². The molecule has 1 N–H and O–H groups in total. The summed E-state index contributed by atoms with van der Waals surface area (Å²) >= 11 is 0. The summed E-state index contributed by atoms with van der Waals surface area (Å²) < 4.78 is 0. The summed E-state index contributed by atoms with van der Waals surface area (Å²) in [6.45, 7) is 4.38. The van der Waals surface area contributed by atoms with E-state index >= 15 is 0 Å². The summed E-state index contributed by atoms with van der Waals surface area (Å²) in [6.07, 6.45) is 1.03. The zero-order valence-electron chi connectivity index (χ0n) is 19.0. The Hall–Kier alpha value is -3.48. The van der Waals surface area contributed by atoms with Crippen molar-refractivity contribution in [3.05, 3.63) is 99.8 Å². The number of carbonyl (C=O) groups is 2. The number of carbonyl (C=O) groups excluding carboxylic acids is 2. The van der Waals surface area contributed by atoms with E-state index < -0.39 is 11.8 Å². The zero-order valence-corrected chi connectivity index (χ0v) is 19.0. The van der Waals surface area contributed by atoms with Gasteiger partial charge in [-0.1, -0.05) is 62.4 Å². The molecule has 1 aliphatic heterocycles. The fourth-order valence-corrected chi connectivity index (χ4v) is 6.29. The molecule has 34 heavy (non-hydrogen) atoms. The molecule has 3 aromatic carbocycles. The molecule has 3 aromatic rings. The van der Waals surface area contributed by atoms with Crippen molar-refractivity contribution >= 4 is 23.2 Å². The smallest absolute Gasteiger partial charge is 0.238 e. The fraction of sp³-hybridized carbons (Fsp3) is 0.286. The number of hydrogen-bond donors (Lipinski definition) is 1. The second-order valence-corrected chi connectivity index (χ2v) is 9.64. The van der Waals surface area contributed by atoms with Gasteiger partial charge in [0, 0.05) is 11.8 Å². The van der Waals surface area contributed by atoms with Gasteiger partial charge < -0.3 is 10.4 Å². The largest absolute Gasteiger partial charge is 0.733 e. The van der Waals surface area contributed by atoms with Crippen molar-refractivity contribution in [2.24, 2.45) is 11.8 Å². The van der Waals surface area contributed by atoms with E-state index in [1.54, 1.807) is 12.1 Å². The molecule has 6 heteroatoms. The number of anilines is 2. The minimum absolute atomic E-state index is 0.0271. The predicted molar refractivity (Wildman–Crippen MR) is 129 cm³/mol. The van der Waals surface area contributed by atoms with E-state index in [0.717, 1.165) is 28.7 Å². The minimum atomic E-state index is -0.492. The van der Waals surface area contributed by atoms with Crippen molar-refractivity contribution in [3.8, 4) is 0 Å². The maximum atomic E-state index is 13.9. The first kappa shape index (κ1) is 21.1. The lowest BCUT2D eigenvalue weighted by atomic mass is 9.54. The number of imide groups is 1. The molecule has 1 heterocycles.